The third-order valence-electron chi connectivity index (χ3n) is 4.26. The lowest BCUT2D eigenvalue weighted by molar-refractivity contribution is -0.125. The quantitative estimate of drug-likeness (QED) is 0.583. The third kappa shape index (κ3) is 4.81. The summed E-state index contributed by atoms with van der Waals surface area (Å²) in [6.45, 7) is 1.51. The van der Waals surface area contributed by atoms with Crippen LogP contribution in [0.1, 0.15) is 17.4 Å². The van der Waals surface area contributed by atoms with Crippen LogP contribution in [-0.2, 0) is 9.53 Å². The van der Waals surface area contributed by atoms with Gasteiger partial charge in [-0.3, -0.25) is 10.1 Å². The van der Waals surface area contributed by atoms with Crippen LogP contribution in [0.25, 0.3) is 0 Å². The maximum atomic E-state index is 12.5. The van der Waals surface area contributed by atoms with Crippen LogP contribution in [0.5, 0.6) is 5.19 Å². The topological polar surface area (TPSA) is 102 Å². The number of halogens is 1. The Morgan fingerprint density at radius 1 is 1.31 bits per heavy atom. The molecule has 1 N–H and O–H groups in total. The van der Waals surface area contributed by atoms with Gasteiger partial charge < -0.3 is 14.4 Å². The number of ether oxygens (including phenoxy) is 2. The van der Waals surface area contributed by atoms with Crippen molar-refractivity contribution in [2.45, 2.75) is 18.6 Å². The molecule has 0 saturated carbocycles. The van der Waals surface area contributed by atoms with Crippen LogP contribution < -0.4 is 15.0 Å². The summed E-state index contributed by atoms with van der Waals surface area (Å²) >= 11 is 8.41. The Kier molecular flexibility index (Phi) is 6.19. The van der Waals surface area contributed by atoms with E-state index in [1.807, 2.05) is 12.1 Å². The zero-order valence-electron chi connectivity index (χ0n) is 15.3. The van der Waals surface area contributed by atoms with Crippen molar-refractivity contribution >= 4 is 51.1 Å². The van der Waals surface area contributed by atoms with Crippen LogP contribution in [-0.4, -0.2) is 52.6 Å². The van der Waals surface area contributed by atoms with Gasteiger partial charge in [0.2, 0.25) is 5.13 Å². The van der Waals surface area contributed by atoms with E-state index in [2.05, 4.69) is 30.6 Å². The van der Waals surface area contributed by atoms with Crippen molar-refractivity contribution in [3.8, 4) is 5.19 Å². The van der Waals surface area contributed by atoms with Gasteiger partial charge >= 0.3 is 0 Å². The number of thiophene rings is 1. The SMILES string of the molecule is COC(C(=O)Nc1nnc(O[C@@H]2CCN(c3cccnn3)C2)s1)c1ccc(Cl)s1. The Hall–Kier alpha value is -2.34. The average molecular weight is 453 g/mol. The molecule has 1 saturated heterocycles. The summed E-state index contributed by atoms with van der Waals surface area (Å²) in [5.74, 6) is 0.478. The molecular weight excluding hydrogens is 436 g/mol. The van der Waals surface area contributed by atoms with Gasteiger partial charge in [-0.25, -0.2) is 0 Å². The summed E-state index contributed by atoms with van der Waals surface area (Å²) in [4.78, 5) is 15.3. The summed E-state index contributed by atoms with van der Waals surface area (Å²) in [5.41, 5.74) is 0. The van der Waals surface area contributed by atoms with Crippen molar-refractivity contribution in [3.05, 3.63) is 39.7 Å². The van der Waals surface area contributed by atoms with E-state index in [4.69, 9.17) is 21.1 Å². The van der Waals surface area contributed by atoms with Gasteiger partial charge in [-0.15, -0.1) is 21.5 Å². The number of methoxy groups -OCH3 is 1. The van der Waals surface area contributed by atoms with E-state index in [0.29, 0.717) is 26.1 Å². The minimum atomic E-state index is -0.767. The second-order valence-corrected chi connectivity index (χ2v) is 8.86. The number of aromatic nitrogens is 4. The Labute approximate surface area is 179 Å². The van der Waals surface area contributed by atoms with Crippen molar-refractivity contribution in [1.82, 2.24) is 20.4 Å². The maximum Gasteiger partial charge on any atom is 0.296 e. The fourth-order valence-electron chi connectivity index (χ4n) is 2.94. The highest BCUT2D eigenvalue weighted by Gasteiger charge is 2.27. The molecule has 152 valence electrons. The Morgan fingerprint density at radius 2 is 2.21 bits per heavy atom. The van der Waals surface area contributed by atoms with Gasteiger partial charge in [0.25, 0.3) is 11.1 Å². The lowest BCUT2D eigenvalue weighted by Gasteiger charge is -2.16. The maximum absolute atomic E-state index is 12.5. The molecule has 29 heavy (non-hydrogen) atoms. The van der Waals surface area contributed by atoms with Gasteiger partial charge in [0.1, 0.15) is 6.10 Å². The average Bonchev–Trinajstić information content (AvgIpc) is 3.46. The number of hydrogen-bond acceptors (Lipinski definition) is 10. The normalized spacial score (nSPS) is 17.3. The molecule has 1 amide bonds. The molecule has 0 aromatic carbocycles. The number of carbonyl (C=O) groups is 1. The second-order valence-electron chi connectivity index (χ2n) is 6.18. The van der Waals surface area contributed by atoms with Crippen molar-refractivity contribution in [2.24, 2.45) is 0 Å². The van der Waals surface area contributed by atoms with Crippen LogP contribution in [0.3, 0.4) is 0 Å². The number of nitrogens with one attached hydrogen (secondary N) is 1. The Morgan fingerprint density at radius 3 is 2.93 bits per heavy atom. The van der Waals surface area contributed by atoms with E-state index in [1.54, 1.807) is 18.3 Å². The highest BCUT2D eigenvalue weighted by molar-refractivity contribution is 7.17. The molecule has 4 rings (SSSR count). The third-order valence-corrected chi connectivity index (χ3v) is 6.26. The fourth-order valence-corrected chi connectivity index (χ4v) is 4.74. The molecular formula is C17H17ClN6O3S2. The molecule has 9 nitrogen and oxygen atoms in total. The molecule has 1 unspecified atom stereocenters. The molecule has 0 aliphatic carbocycles. The number of rotatable bonds is 7. The van der Waals surface area contributed by atoms with Gasteiger partial charge in [-0.2, -0.15) is 5.10 Å². The minimum absolute atomic E-state index is 0.0338. The summed E-state index contributed by atoms with van der Waals surface area (Å²) in [7, 11) is 1.47. The van der Waals surface area contributed by atoms with Crippen molar-refractivity contribution in [2.75, 3.05) is 30.4 Å². The molecule has 3 aromatic heterocycles. The smallest absolute Gasteiger partial charge is 0.296 e. The van der Waals surface area contributed by atoms with Gasteiger partial charge in [0, 0.05) is 31.1 Å². The Balaban J connectivity index is 1.33. The van der Waals surface area contributed by atoms with E-state index < -0.39 is 6.10 Å². The first-order valence-corrected chi connectivity index (χ1v) is 10.7. The molecule has 0 bridgehead atoms. The minimum Gasteiger partial charge on any atom is -0.464 e. The summed E-state index contributed by atoms with van der Waals surface area (Å²) in [5, 5.41) is 19.5. The van der Waals surface area contributed by atoms with E-state index >= 15 is 0 Å². The number of carbonyl (C=O) groups excluding carboxylic acids is 1. The number of amides is 1. The van der Waals surface area contributed by atoms with Crippen molar-refractivity contribution in [1.29, 1.82) is 0 Å². The van der Waals surface area contributed by atoms with Gasteiger partial charge in [0.05, 0.1) is 10.9 Å². The van der Waals surface area contributed by atoms with E-state index in [-0.39, 0.29) is 12.0 Å². The van der Waals surface area contributed by atoms with Crippen LogP contribution >= 0.6 is 34.3 Å². The molecule has 1 aliphatic rings. The molecule has 2 atom stereocenters. The van der Waals surface area contributed by atoms with Crippen LogP contribution in [0, 0.1) is 0 Å². The zero-order chi connectivity index (χ0) is 20.2. The fraction of sp³-hybridized carbons (Fsp3) is 0.353. The largest absolute Gasteiger partial charge is 0.464 e. The van der Waals surface area contributed by atoms with Crippen LogP contribution in [0.15, 0.2) is 30.5 Å². The Bertz CT molecular complexity index is 969. The van der Waals surface area contributed by atoms with Gasteiger partial charge in [0.15, 0.2) is 11.9 Å². The summed E-state index contributed by atoms with van der Waals surface area (Å²) < 4.78 is 11.8. The molecule has 1 fully saturated rings. The first-order chi connectivity index (χ1) is 14.1. The van der Waals surface area contributed by atoms with Crippen molar-refractivity contribution in [3.63, 3.8) is 0 Å². The number of anilines is 2. The summed E-state index contributed by atoms with van der Waals surface area (Å²) in [6, 6.07) is 7.26. The highest BCUT2D eigenvalue weighted by Crippen LogP contribution is 2.31. The van der Waals surface area contributed by atoms with Crippen LogP contribution in [0.4, 0.5) is 10.9 Å². The molecule has 0 spiro atoms. The number of nitrogens with zero attached hydrogens (tertiary/aromatic N) is 5. The molecule has 1 aliphatic heterocycles. The van der Waals surface area contributed by atoms with Gasteiger partial charge in [-0.05, 0) is 35.6 Å². The van der Waals surface area contributed by atoms with Gasteiger partial charge in [-0.1, -0.05) is 16.7 Å². The second kappa shape index (κ2) is 8.99. The predicted molar refractivity (Wildman–Crippen MR) is 111 cm³/mol. The van der Waals surface area contributed by atoms with Crippen LogP contribution in [0.2, 0.25) is 4.34 Å². The molecule has 0 radical (unpaired) electrons. The van der Waals surface area contributed by atoms with E-state index in [9.17, 15) is 4.79 Å². The first-order valence-electron chi connectivity index (χ1n) is 8.74. The molecule has 4 heterocycles. The first kappa shape index (κ1) is 20.0. The van der Waals surface area contributed by atoms with E-state index in [0.717, 1.165) is 18.8 Å². The van der Waals surface area contributed by atoms with Crippen molar-refractivity contribution < 1.29 is 14.3 Å². The number of hydrogen-bond donors (Lipinski definition) is 1. The van der Waals surface area contributed by atoms with E-state index in [1.165, 1.54) is 29.8 Å². The lowest BCUT2D eigenvalue weighted by atomic mass is 10.3. The monoisotopic (exact) mass is 452 g/mol. The standard InChI is InChI=1S/C17H17ClN6O3S2/c1-26-14(11-4-5-12(18)28-11)15(25)20-16-22-23-17(29-16)27-10-6-8-24(9-10)13-3-2-7-19-21-13/h2-5,7,10,14H,6,8-9H2,1H3,(H,20,22,25)/t10-,14?/m1/s1. The molecule has 12 heteroatoms. The predicted octanol–water partition coefficient (Wildman–Crippen LogP) is 3.03. The molecule has 3 aromatic rings. The highest BCUT2D eigenvalue weighted by atomic mass is 35.5. The lowest BCUT2D eigenvalue weighted by Crippen LogP contribution is -2.25. The zero-order valence-corrected chi connectivity index (χ0v) is 17.7. The summed E-state index contributed by atoms with van der Waals surface area (Å²) in [6.07, 6.45) is 1.68.